The molecule has 2 heterocycles. The van der Waals surface area contributed by atoms with Crippen LogP contribution in [-0.4, -0.2) is 20.0 Å². The molecule has 3 rings (SSSR count). The van der Waals surface area contributed by atoms with Crippen molar-refractivity contribution >= 4 is 16.7 Å². The average Bonchev–Trinajstić information content (AvgIpc) is 2.70. The van der Waals surface area contributed by atoms with E-state index in [0.717, 1.165) is 22.3 Å². The van der Waals surface area contributed by atoms with Crippen molar-refractivity contribution in [2.24, 2.45) is 0 Å². The third-order valence-electron chi connectivity index (χ3n) is 3.27. The van der Waals surface area contributed by atoms with Gasteiger partial charge in [-0.1, -0.05) is 23.4 Å². The number of benzene rings is 1. The molecule has 0 aliphatic rings. The molecule has 19 heavy (non-hydrogen) atoms. The van der Waals surface area contributed by atoms with E-state index in [1.807, 2.05) is 36.7 Å². The summed E-state index contributed by atoms with van der Waals surface area (Å²) in [5, 5.41) is 9.10. The fourth-order valence-corrected chi connectivity index (χ4v) is 2.21. The van der Waals surface area contributed by atoms with E-state index < -0.39 is 0 Å². The van der Waals surface area contributed by atoms with Gasteiger partial charge in [-0.25, -0.2) is 4.68 Å². The van der Waals surface area contributed by atoms with Crippen LogP contribution in [0.3, 0.4) is 0 Å². The molecule has 0 saturated heterocycles. The molecule has 0 aliphatic heterocycles. The summed E-state index contributed by atoms with van der Waals surface area (Å²) in [5.41, 5.74) is 9.80. The molecule has 2 aromatic heterocycles. The van der Waals surface area contributed by atoms with E-state index in [9.17, 15) is 0 Å². The van der Waals surface area contributed by atoms with Crippen LogP contribution in [0.2, 0.25) is 0 Å². The van der Waals surface area contributed by atoms with Crippen LogP contribution in [0.4, 0.5) is 5.82 Å². The predicted octanol–water partition coefficient (Wildman–Crippen LogP) is 2.07. The van der Waals surface area contributed by atoms with Gasteiger partial charge in [0, 0.05) is 11.1 Å². The maximum absolute atomic E-state index is 5.73. The summed E-state index contributed by atoms with van der Waals surface area (Å²) in [6, 6.07) is 10.2. The molecule has 0 saturated carbocycles. The van der Waals surface area contributed by atoms with Crippen LogP contribution < -0.4 is 5.73 Å². The molecule has 0 bridgehead atoms. The molecule has 3 aromatic rings. The van der Waals surface area contributed by atoms with Crippen LogP contribution in [0.1, 0.15) is 17.0 Å². The van der Waals surface area contributed by atoms with Gasteiger partial charge in [0.2, 0.25) is 0 Å². The summed E-state index contributed by atoms with van der Waals surface area (Å²) in [5.74, 6) is 0.482. The third-order valence-corrected chi connectivity index (χ3v) is 3.27. The zero-order valence-corrected chi connectivity index (χ0v) is 11.0. The Morgan fingerprint density at radius 2 is 2.00 bits per heavy atom. The molecular formula is C14H15N5. The van der Waals surface area contributed by atoms with Crippen LogP contribution in [0, 0.1) is 13.8 Å². The maximum Gasteiger partial charge on any atom is 0.168 e. The van der Waals surface area contributed by atoms with Gasteiger partial charge in [0.05, 0.1) is 17.8 Å². The Morgan fingerprint density at radius 1 is 1.21 bits per heavy atom. The lowest BCUT2D eigenvalue weighted by Crippen LogP contribution is -2.06. The van der Waals surface area contributed by atoms with Crippen molar-refractivity contribution in [2.75, 3.05) is 5.73 Å². The highest BCUT2D eigenvalue weighted by atomic mass is 15.4. The Bertz CT molecular complexity index is 745. The Kier molecular flexibility index (Phi) is 2.67. The van der Waals surface area contributed by atoms with E-state index >= 15 is 0 Å². The average molecular weight is 253 g/mol. The highest BCUT2D eigenvalue weighted by Crippen LogP contribution is 2.20. The number of aryl methyl sites for hydroxylation is 1. The SMILES string of the molecule is Cc1cc(Cn2nnc(N)c2C)c2ccccc2n1. The van der Waals surface area contributed by atoms with Gasteiger partial charge in [-0.3, -0.25) is 4.98 Å². The number of aromatic nitrogens is 4. The second kappa shape index (κ2) is 4.35. The number of nitrogens with two attached hydrogens (primary N) is 1. The summed E-state index contributed by atoms with van der Waals surface area (Å²) in [7, 11) is 0. The van der Waals surface area contributed by atoms with Crippen molar-refractivity contribution in [3.05, 3.63) is 47.3 Å². The molecule has 0 amide bonds. The van der Waals surface area contributed by atoms with Crippen molar-refractivity contribution < 1.29 is 0 Å². The van der Waals surface area contributed by atoms with Crippen LogP contribution in [0.5, 0.6) is 0 Å². The van der Waals surface area contributed by atoms with Gasteiger partial charge < -0.3 is 5.73 Å². The van der Waals surface area contributed by atoms with E-state index in [0.29, 0.717) is 12.4 Å². The fraction of sp³-hybridized carbons (Fsp3) is 0.214. The van der Waals surface area contributed by atoms with Crippen molar-refractivity contribution in [3.8, 4) is 0 Å². The number of hydrogen-bond donors (Lipinski definition) is 1. The van der Waals surface area contributed by atoms with E-state index in [1.54, 1.807) is 0 Å². The smallest absolute Gasteiger partial charge is 0.168 e. The molecule has 0 atom stereocenters. The maximum atomic E-state index is 5.73. The number of nitrogens with zero attached hydrogens (tertiary/aromatic N) is 4. The third kappa shape index (κ3) is 2.03. The molecule has 0 aliphatic carbocycles. The van der Waals surface area contributed by atoms with Gasteiger partial charge in [0.15, 0.2) is 5.82 Å². The lowest BCUT2D eigenvalue weighted by Gasteiger charge is -2.08. The van der Waals surface area contributed by atoms with E-state index in [4.69, 9.17) is 5.73 Å². The highest BCUT2D eigenvalue weighted by Gasteiger charge is 2.09. The van der Waals surface area contributed by atoms with Gasteiger partial charge >= 0.3 is 0 Å². The van der Waals surface area contributed by atoms with Gasteiger partial charge in [0.25, 0.3) is 0 Å². The molecule has 96 valence electrons. The molecule has 0 fully saturated rings. The second-order valence-electron chi connectivity index (χ2n) is 4.66. The number of rotatable bonds is 2. The monoisotopic (exact) mass is 253 g/mol. The molecule has 1 aromatic carbocycles. The summed E-state index contributed by atoms with van der Waals surface area (Å²) in [4.78, 5) is 4.54. The Labute approximate surface area is 111 Å². The summed E-state index contributed by atoms with van der Waals surface area (Å²) < 4.78 is 1.82. The number of hydrogen-bond acceptors (Lipinski definition) is 4. The molecule has 5 heteroatoms. The topological polar surface area (TPSA) is 69.6 Å². The Hall–Kier alpha value is -2.43. The largest absolute Gasteiger partial charge is 0.381 e. The first-order chi connectivity index (χ1) is 9.15. The van der Waals surface area contributed by atoms with Crippen LogP contribution >= 0.6 is 0 Å². The summed E-state index contributed by atoms with van der Waals surface area (Å²) >= 11 is 0. The zero-order chi connectivity index (χ0) is 13.4. The van der Waals surface area contributed by atoms with E-state index in [2.05, 4.69) is 27.4 Å². The number of fused-ring (bicyclic) bond motifs is 1. The first-order valence-corrected chi connectivity index (χ1v) is 6.16. The minimum absolute atomic E-state index is 0.482. The first-order valence-electron chi connectivity index (χ1n) is 6.16. The van der Waals surface area contributed by atoms with Crippen LogP contribution in [-0.2, 0) is 6.54 Å². The van der Waals surface area contributed by atoms with Crippen LogP contribution in [0.15, 0.2) is 30.3 Å². The molecule has 5 nitrogen and oxygen atoms in total. The van der Waals surface area contributed by atoms with Gasteiger partial charge in [-0.05, 0) is 31.5 Å². The molecule has 0 spiro atoms. The Balaban J connectivity index is 2.12. The lowest BCUT2D eigenvalue weighted by atomic mass is 10.1. The van der Waals surface area contributed by atoms with Gasteiger partial charge in [-0.2, -0.15) is 0 Å². The van der Waals surface area contributed by atoms with Crippen molar-refractivity contribution in [3.63, 3.8) is 0 Å². The highest BCUT2D eigenvalue weighted by molar-refractivity contribution is 5.82. The first kappa shape index (κ1) is 11.6. The van der Waals surface area contributed by atoms with E-state index in [-0.39, 0.29) is 0 Å². The normalized spacial score (nSPS) is 11.1. The number of para-hydroxylation sites is 1. The summed E-state index contributed by atoms with van der Waals surface area (Å²) in [6.07, 6.45) is 0. The second-order valence-corrected chi connectivity index (χ2v) is 4.66. The minimum atomic E-state index is 0.482. The minimum Gasteiger partial charge on any atom is -0.381 e. The zero-order valence-electron chi connectivity index (χ0n) is 11.0. The molecule has 0 unspecified atom stereocenters. The quantitative estimate of drug-likeness (QED) is 0.759. The molecule has 2 N–H and O–H groups in total. The van der Waals surface area contributed by atoms with E-state index in [1.165, 1.54) is 5.56 Å². The number of pyridine rings is 1. The lowest BCUT2D eigenvalue weighted by molar-refractivity contribution is 0.635. The fourth-order valence-electron chi connectivity index (χ4n) is 2.21. The number of nitrogen functional groups attached to an aromatic ring is 1. The van der Waals surface area contributed by atoms with Gasteiger partial charge in [0.1, 0.15) is 0 Å². The Morgan fingerprint density at radius 3 is 2.74 bits per heavy atom. The van der Waals surface area contributed by atoms with Crippen molar-refractivity contribution in [1.82, 2.24) is 20.0 Å². The van der Waals surface area contributed by atoms with Gasteiger partial charge in [-0.15, -0.1) is 5.10 Å². The number of anilines is 1. The van der Waals surface area contributed by atoms with Crippen molar-refractivity contribution in [2.45, 2.75) is 20.4 Å². The van der Waals surface area contributed by atoms with Crippen LogP contribution in [0.25, 0.3) is 10.9 Å². The molecule has 0 radical (unpaired) electrons. The predicted molar refractivity (Wildman–Crippen MR) is 74.8 cm³/mol. The molecular weight excluding hydrogens is 238 g/mol. The standard InChI is InChI=1S/C14H15N5/c1-9-7-11(8-19-10(2)14(15)17-18-19)12-5-3-4-6-13(12)16-9/h3-7H,8,15H2,1-2H3. The van der Waals surface area contributed by atoms with Crippen molar-refractivity contribution in [1.29, 1.82) is 0 Å². The summed E-state index contributed by atoms with van der Waals surface area (Å²) in [6.45, 7) is 4.57.